The van der Waals surface area contributed by atoms with Crippen LogP contribution in [0.4, 0.5) is 0 Å². The number of aromatic amines is 1. The normalized spacial score (nSPS) is 14.3. The third-order valence-electron chi connectivity index (χ3n) is 3.53. The second-order valence-electron chi connectivity index (χ2n) is 4.74. The Morgan fingerprint density at radius 2 is 1.75 bits per heavy atom. The molecule has 0 saturated carbocycles. The lowest BCUT2D eigenvalue weighted by atomic mass is 10.0. The smallest absolute Gasteiger partial charge is 0.0912 e. The largest absolute Gasteiger partial charge is 0.354 e. The Morgan fingerprint density at radius 3 is 2.75 bits per heavy atom. The summed E-state index contributed by atoms with van der Waals surface area (Å²) in [6.07, 6.45) is 7.77. The van der Waals surface area contributed by atoms with Crippen molar-refractivity contribution in [2.75, 3.05) is 0 Å². The monoisotopic (exact) mass is 259 g/mol. The van der Waals surface area contributed by atoms with Crippen LogP contribution in [-0.4, -0.2) is 10.7 Å². The molecule has 2 N–H and O–H groups in total. The summed E-state index contributed by atoms with van der Waals surface area (Å²) in [6.45, 7) is 0. The summed E-state index contributed by atoms with van der Waals surface area (Å²) in [5.41, 5.74) is 7.29. The molecule has 0 unspecified atom stereocenters. The van der Waals surface area contributed by atoms with E-state index in [1.54, 1.807) is 0 Å². The number of fused-ring (bicyclic) bond motifs is 3. The predicted molar refractivity (Wildman–Crippen MR) is 83.8 cm³/mol. The minimum atomic E-state index is 0.936. The lowest BCUT2D eigenvalue weighted by Crippen LogP contribution is -2.03. The molecule has 3 heteroatoms. The maximum Gasteiger partial charge on any atom is 0.0912 e. The molecule has 1 aliphatic rings. The van der Waals surface area contributed by atoms with E-state index < -0.39 is 0 Å². The SMILES string of the molecule is C1=CNN=C(c2cccc3[nH]c4ccccc4c23)C=C1. The Labute approximate surface area is 116 Å². The highest BCUT2D eigenvalue weighted by molar-refractivity contribution is 6.22. The molecule has 1 aliphatic heterocycles. The van der Waals surface area contributed by atoms with Crippen LogP contribution in [0.25, 0.3) is 21.8 Å². The summed E-state index contributed by atoms with van der Waals surface area (Å²) < 4.78 is 0. The summed E-state index contributed by atoms with van der Waals surface area (Å²) in [6, 6.07) is 14.6. The summed E-state index contributed by atoms with van der Waals surface area (Å²) in [4.78, 5) is 3.46. The number of hydrogen-bond acceptors (Lipinski definition) is 2. The number of hydrazone groups is 1. The third-order valence-corrected chi connectivity index (χ3v) is 3.53. The van der Waals surface area contributed by atoms with Crippen LogP contribution in [0.5, 0.6) is 0 Å². The van der Waals surface area contributed by atoms with Gasteiger partial charge in [0, 0.05) is 33.6 Å². The molecule has 96 valence electrons. The molecule has 0 spiro atoms. The molecule has 20 heavy (non-hydrogen) atoms. The van der Waals surface area contributed by atoms with Crippen LogP contribution in [0.1, 0.15) is 5.56 Å². The first kappa shape index (κ1) is 11.1. The first-order chi connectivity index (χ1) is 9.93. The average Bonchev–Trinajstić information content (AvgIpc) is 2.68. The van der Waals surface area contributed by atoms with Crippen LogP contribution in [0.2, 0.25) is 0 Å². The van der Waals surface area contributed by atoms with E-state index in [-0.39, 0.29) is 0 Å². The summed E-state index contributed by atoms with van der Waals surface area (Å²) in [5.74, 6) is 0. The van der Waals surface area contributed by atoms with Gasteiger partial charge in [0.15, 0.2) is 0 Å². The number of nitrogens with one attached hydrogen (secondary N) is 2. The van der Waals surface area contributed by atoms with Crippen LogP contribution >= 0.6 is 0 Å². The molecule has 4 rings (SSSR count). The van der Waals surface area contributed by atoms with Gasteiger partial charge in [-0.05, 0) is 24.3 Å². The van der Waals surface area contributed by atoms with Gasteiger partial charge >= 0.3 is 0 Å². The number of nitrogens with zero attached hydrogens (tertiary/aromatic N) is 1. The molecule has 3 aromatic rings. The van der Waals surface area contributed by atoms with Crippen molar-refractivity contribution < 1.29 is 0 Å². The van der Waals surface area contributed by atoms with E-state index in [2.05, 4.69) is 51.9 Å². The Morgan fingerprint density at radius 1 is 0.850 bits per heavy atom. The lowest BCUT2D eigenvalue weighted by Gasteiger charge is -2.04. The Bertz CT molecular complexity index is 882. The minimum Gasteiger partial charge on any atom is -0.354 e. The summed E-state index contributed by atoms with van der Waals surface area (Å²) in [5, 5.41) is 6.86. The fourth-order valence-electron chi connectivity index (χ4n) is 2.65. The highest BCUT2D eigenvalue weighted by Gasteiger charge is 2.11. The van der Waals surface area contributed by atoms with Crippen LogP contribution in [0, 0.1) is 0 Å². The maximum absolute atomic E-state index is 4.41. The third kappa shape index (κ3) is 1.64. The van der Waals surface area contributed by atoms with Gasteiger partial charge in [-0.1, -0.05) is 36.4 Å². The number of rotatable bonds is 1. The molecule has 0 saturated heterocycles. The highest BCUT2D eigenvalue weighted by atomic mass is 15.3. The minimum absolute atomic E-state index is 0.936. The van der Waals surface area contributed by atoms with E-state index in [9.17, 15) is 0 Å². The average molecular weight is 259 g/mol. The molecular weight excluding hydrogens is 246 g/mol. The van der Waals surface area contributed by atoms with E-state index in [1.807, 2.05) is 30.5 Å². The van der Waals surface area contributed by atoms with E-state index in [0.717, 1.165) is 22.3 Å². The van der Waals surface area contributed by atoms with E-state index in [0.29, 0.717) is 0 Å². The van der Waals surface area contributed by atoms with Gasteiger partial charge in [0.2, 0.25) is 0 Å². The molecule has 2 aromatic carbocycles. The standard InChI is InChI=1S/C17H13N3/c1-2-8-14-12(6-1)17-13(7-5-10-16(17)19-14)15-9-3-4-11-18-20-15/h1-11,18-19H. The number of aromatic nitrogens is 1. The van der Waals surface area contributed by atoms with Crippen molar-refractivity contribution in [1.29, 1.82) is 0 Å². The number of benzene rings is 2. The van der Waals surface area contributed by atoms with Gasteiger partial charge in [0.1, 0.15) is 0 Å². The van der Waals surface area contributed by atoms with Crippen molar-refractivity contribution in [3.8, 4) is 0 Å². The van der Waals surface area contributed by atoms with Crippen molar-refractivity contribution in [3.05, 3.63) is 72.5 Å². The number of para-hydroxylation sites is 1. The lowest BCUT2D eigenvalue weighted by molar-refractivity contribution is 0.973. The first-order valence-corrected chi connectivity index (χ1v) is 6.60. The maximum atomic E-state index is 4.41. The zero-order chi connectivity index (χ0) is 13.4. The van der Waals surface area contributed by atoms with Crippen molar-refractivity contribution in [2.24, 2.45) is 5.10 Å². The molecule has 0 bridgehead atoms. The van der Waals surface area contributed by atoms with Gasteiger partial charge in [-0.3, -0.25) is 5.43 Å². The van der Waals surface area contributed by atoms with Crippen LogP contribution in [0.15, 0.2) is 72.0 Å². The summed E-state index contributed by atoms with van der Waals surface area (Å²) >= 11 is 0. The zero-order valence-corrected chi connectivity index (χ0v) is 10.8. The Kier molecular flexibility index (Phi) is 2.42. The topological polar surface area (TPSA) is 40.2 Å². The quantitative estimate of drug-likeness (QED) is 0.687. The fourth-order valence-corrected chi connectivity index (χ4v) is 2.65. The molecule has 1 aromatic heterocycles. The highest BCUT2D eigenvalue weighted by Crippen LogP contribution is 2.28. The fraction of sp³-hybridized carbons (Fsp3) is 0. The molecule has 0 atom stereocenters. The van der Waals surface area contributed by atoms with Crippen LogP contribution < -0.4 is 5.43 Å². The van der Waals surface area contributed by atoms with E-state index in [4.69, 9.17) is 0 Å². The summed E-state index contributed by atoms with van der Waals surface area (Å²) in [7, 11) is 0. The van der Waals surface area contributed by atoms with Gasteiger partial charge in [0.25, 0.3) is 0 Å². The second-order valence-corrected chi connectivity index (χ2v) is 4.74. The van der Waals surface area contributed by atoms with Crippen molar-refractivity contribution >= 4 is 27.5 Å². The molecule has 2 heterocycles. The van der Waals surface area contributed by atoms with Crippen LogP contribution in [0.3, 0.4) is 0 Å². The Hall–Kier alpha value is -2.81. The van der Waals surface area contributed by atoms with Gasteiger partial charge in [-0.15, -0.1) is 0 Å². The number of allylic oxidation sites excluding steroid dienone is 3. The van der Waals surface area contributed by atoms with Gasteiger partial charge < -0.3 is 4.98 Å². The van der Waals surface area contributed by atoms with E-state index >= 15 is 0 Å². The predicted octanol–water partition coefficient (Wildman–Crippen LogP) is 3.70. The van der Waals surface area contributed by atoms with E-state index in [1.165, 1.54) is 10.8 Å². The number of hydrogen-bond donors (Lipinski definition) is 2. The van der Waals surface area contributed by atoms with Crippen molar-refractivity contribution in [2.45, 2.75) is 0 Å². The Balaban J connectivity index is 2.06. The van der Waals surface area contributed by atoms with Crippen molar-refractivity contribution in [1.82, 2.24) is 10.4 Å². The van der Waals surface area contributed by atoms with Gasteiger partial charge in [-0.25, -0.2) is 0 Å². The number of H-pyrrole nitrogens is 1. The van der Waals surface area contributed by atoms with Gasteiger partial charge in [0.05, 0.1) is 5.71 Å². The molecule has 0 radical (unpaired) electrons. The van der Waals surface area contributed by atoms with Crippen LogP contribution in [-0.2, 0) is 0 Å². The van der Waals surface area contributed by atoms with Crippen molar-refractivity contribution in [3.63, 3.8) is 0 Å². The zero-order valence-electron chi connectivity index (χ0n) is 10.8. The van der Waals surface area contributed by atoms with Gasteiger partial charge in [-0.2, -0.15) is 5.10 Å². The first-order valence-electron chi connectivity index (χ1n) is 6.60. The molecule has 3 nitrogen and oxygen atoms in total. The molecular formula is C17H13N3. The molecule has 0 amide bonds. The molecule has 0 aliphatic carbocycles. The second kappa shape index (κ2) is 4.38. The molecule has 0 fully saturated rings.